The minimum Gasteiger partial charge on any atom is -0.456 e. The Morgan fingerprint density at radius 1 is 0.886 bits per heavy atom. The lowest BCUT2D eigenvalue weighted by Gasteiger charge is -2.24. The minimum absolute atomic E-state index is 0.0130. The lowest BCUT2D eigenvalue weighted by Crippen LogP contribution is -2.31. The van der Waals surface area contributed by atoms with Gasteiger partial charge in [-0.05, 0) is 48.2 Å². The van der Waals surface area contributed by atoms with Gasteiger partial charge in [0.15, 0.2) is 6.61 Å². The number of para-hydroxylation sites is 3. The number of aryl methyl sites for hydroxylation is 3. The highest BCUT2D eigenvalue weighted by Gasteiger charge is 2.26. The van der Waals surface area contributed by atoms with Gasteiger partial charge in [-0.2, -0.15) is 0 Å². The van der Waals surface area contributed by atoms with E-state index in [1.165, 1.54) is 4.57 Å². The van der Waals surface area contributed by atoms with Gasteiger partial charge in [0, 0.05) is 13.5 Å². The van der Waals surface area contributed by atoms with Crippen molar-refractivity contribution in [1.29, 1.82) is 0 Å². The number of fused-ring (bicyclic) bond motifs is 3. The maximum Gasteiger partial charge on any atom is 0.306 e. The molecule has 0 aliphatic carbocycles. The van der Waals surface area contributed by atoms with Crippen molar-refractivity contribution in [2.45, 2.75) is 25.7 Å². The molecule has 176 valence electrons. The van der Waals surface area contributed by atoms with Crippen molar-refractivity contribution in [2.24, 2.45) is 7.05 Å². The van der Waals surface area contributed by atoms with Crippen molar-refractivity contribution in [1.82, 2.24) is 9.55 Å². The molecule has 7 nitrogen and oxygen atoms in total. The molecule has 5 rings (SSSR count). The van der Waals surface area contributed by atoms with Crippen molar-refractivity contribution < 1.29 is 14.3 Å². The van der Waals surface area contributed by atoms with Crippen molar-refractivity contribution in [3.8, 4) is 0 Å². The maximum absolute atomic E-state index is 13.3. The number of anilines is 2. The van der Waals surface area contributed by atoms with Crippen LogP contribution < -0.4 is 10.5 Å². The summed E-state index contributed by atoms with van der Waals surface area (Å²) >= 11 is 0. The van der Waals surface area contributed by atoms with Gasteiger partial charge in [-0.1, -0.05) is 48.5 Å². The highest BCUT2D eigenvalue weighted by molar-refractivity contribution is 6.03. The first kappa shape index (κ1) is 22.5. The number of ether oxygens (including phenoxy) is 1. The van der Waals surface area contributed by atoms with E-state index in [2.05, 4.69) is 4.98 Å². The Bertz CT molecular complexity index is 1440. The molecule has 0 N–H and O–H groups in total. The van der Waals surface area contributed by atoms with Gasteiger partial charge in [0.25, 0.3) is 11.5 Å². The summed E-state index contributed by atoms with van der Waals surface area (Å²) in [7, 11) is 1.64. The summed E-state index contributed by atoms with van der Waals surface area (Å²) in [5.41, 5.74) is 4.21. The lowest BCUT2D eigenvalue weighted by atomic mass is 10.0. The normalized spacial score (nSPS) is 12.5. The monoisotopic (exact) mass is 467 g/mol. The number of rotatable bonds is 5. The molecule has 1 aromatic heterocycles. The summed E-state index contributed by atoms with van der Waals surface area (Å²) in [5.74, 6) is -0.333. The fourth-order valence-electron chi connectivity index (χ4n) is 4.53. The molecule has 3 aromatic carbocycles. The highest BCUT2D eigenvalue weighted by atomic mass is 16.5. The zero-order chi connectivity index (χ0) is 24.4. The van der Waals surface area contributed by atoms with Crippen LogP contribution >= 0.6 is 0 Å². The average Bonchev–Trinajstić information content (AvgIpc) is 3.05. The summed E-state index contributed by atoms with van der Waals surface area (Å²) in [6.45, 7) is -0.369. The first-order valence-electron chi connectivity index (χ1n) is 11.6. The number of nitrogens with zero attached hydrogens (tertiary/aromatic N) is 3. The van der Waals surface area contributed by atoms with Gasteiger partial charge >= 0.3 is 5.97 Å². The number of hydrogen-bond acceptors (Lipinski definition) is 5. The topological polar surface area (TPSA) is 81.5 Å². The third-order valence-corrected chi connectivity index (χ3v) is 6.36. The van der Waals surface area contributed by atoms with Crippen molar-refractivity contribution >= 4 is 34.2 Å². The van der Waals surface area contributed by atoms with E-state index in [4.69, 9.17) is 4.74 Å². The molecule has 1 aliphatic rings. The quantitative estimate of drug-likeness (QED) is 0.416. The zero-order valence-corrected chi connectivity index (χ0v) is 19.4. The van der Waals surface area contributed by atoms with Gasteiger partial charge in [0.05, 0.1) is 28.7 Å². The Hall–Kier alpha value is -4.26. The lowest BCUT2D eigenvalue weighted by molar-refractivity contribution is -0.147. The molecule has 4 aromatic rings. The molecule has 7 heteroatoms. The summed E-state index contributed by atoms with van der Waals surface area (Å²) < 4.78 is 6.81. The van der Waals surface area contributed by atoms with E-state index in [9.17, 15) is 14.4 Å². The van der Waals surface area contributed by atoms with Crippen LogP contribution in [0, 0.1) is 0 Å². The van der Waals surface area contributed by atoms with Crippen LogP contribution in [0.25, 0.3) is 10.9 Å². The number of amides is 1. The van der Waals surface area contributed by atoms with Gasteiger partial charge < -0.3 is 4.74 Å². The standard InChI is InChI=1S/C28H25N3O4/c1-30-25(29-22-11-5-4-10-21(22)28(30)34)16-17-27(33)35-18-26(32)31-23-12-6-2-8-19(23)14-15-20-9-3-7-13-24(20)31/h2-13H,14-18H2,1H3. The molecular weight excluding hydrogens is 442 g/mol. The second kappa shape index (κ2) is 9.54. The number of carbonyl (C=O) groups is 2. The predicted octanol–water partition coefficient (Wildman–Crippen LogP) is 3.87. The first-order chi connectivity index (χ1) is 17.0. The van der Waals surface area contributed by atoms with Crippen LogP contribution in [0.4, 0.5) is 11.4 Å². The second-order valence-electron chi connectivity index (χ2n) is 8.56. The van der Waals surface area contributed by atoms with Crippen molar-refractivity contribution in [3.63, 3.8) is 0 Å². The largest absolute Gasteiger partial charge is 0.456 e. The Kier molecular flexibility index (Phi) is 6.14. The third kappa shape index (κ3) is 4.45. The molecule has 0 atom stereocenters. The smallest absolute Gasteiger partial charge is 0.306 e. The van der Waals surface area contributed by atoms with E-state index in [0.29, 0.717) is 16.7 Å². The number of carbonyl (C=O) groups excluding carboxylic acids is 2. The summed E-state index contributed by atoms with van der Waals surface area (Å²) in [6.07, 6.45) is 1.90. The summed E-state index contributed by atoms with van der Waals surface area (Å²) in [4.78, 5) is 44.5. The molecule has 0 spiro atoms. The van der Waals surface area contributed by atoms with Crippen LogP contribution in [0.2, 0.25) is 0 Å². The van der Waals surface area contributed by atoms with Crippen LogP contribution in [0.1, 0.15) is 23.4 Å². The number of hydrogen-bond donors (Lipinski definition) is 0. The van der Waals surface area contributed by atoms with Crippen LogP contribution in [0.5, 0.6) is 0 Å². The molecular formula is C28H25N3O4. The number of benzene rings is 3. The molecule has 1 aliphatic heterocycles. The Balaban J connectivity index is 1.29. The summed E-state index contributed by atoms with van der Waals surface area (Å²) in [5, 5.41) is 0.532. The van der Waals surface area contributed by atoms with E-state index in [0.717, 1.165) is 35.3 Å². The van der Waals surface area contributed by atoms with Crippen LogP contribution in [-0.2, 0) is 40.6 Å². The van der Waals surface area contributed by atoms with Gasteiger partial charge in [0.2, 0.25) is 0 Å². The van der Waals surface area contributed by atoms with Crippen LogP contribution in [0.3, 0.4) is 0 Å². The van der Waals surface area contributed by atoms with Crippen molar-refractivity contribution in [2.75, 3.05) is 11.5 Å². The SMILES string of the molecule is Cn1c(CCC(=O)OCC(=O)N2c3ccccc3CCc3ccccc32)nc2ccccc2c1=O. The predicted molar refractivity (Wildman–Crippen MR) is 134 cm³/mol. The molecule has 1 amide bonds. The Morgan fingerprint density at radius 2 is 1.49 bits per heavy atom. The fourth-order valence-corrected chi connectivity index (χ4v) is 4.53. The molecule has 35 heavy (non-hydrogen) atoms. The average molecular weight is 468 g/mol. The van der Waals surface area contributed by atoms with Gasteiger partial charge in [-0.15, -0.1) is 0 Å². The fraction of sp³-hybridized carbons (Fsp3) is 0.214. The molecule has 0 saturated carbocycles. The van der Waals surface area contributed by atoms with Crippen LogP contribution in [-0.4, -0.2) is 28.0 Å². The van der Waals surface area contributed by atoms with Gasteiger partial charge in [0.1, 0.15) is 5.82 Å². The maximum atomic E-state index is 13.3. The zero-order valence-electron chi connectivity index (χ0n) is 19.4. The van der Waals surface area contributed by atoms with E-state index < -0.39 is 5.97 Å². The van der Waals surface area contributed by atoms with E-state index in [1.807, 2.05) is 54.6 Å². The molecule has 2 heterocycles. The number of aromatic nitrogens is 2. The van der Waals surface area contributed by atoms with E-state index >= 15 is 0 Å². The molecule has 0 saturated heterocycles. The molecule has 0 bridgehead atoms. The second-order valence-corrected chi connectivity index (χ2v) is 8.56. The third-order valence-electron chi connectivity index (χ3n) is 6.36. The summed E-state index contributed by atoms with van der Waals surface area (Å²) in [6, 6.07) is 22.7. The van der Waals surface area contributed by atoms with Crippen molar-refractivity contribution in [3.05, 3.63) is 100 Å². The molecule has 0 fully saturated rings. The Morgan fingerprint density at radius 3 is 2.17 bits per heavy atom. The van der Waals surface area contributed by atoms with Crippen LogP contribution in [0.15, 0.2) is 77.6 Å². The van der Waals surface area contributed by atoms with Gasteiger partial charge in [-0.25, -0.2) is 4.98 Å². The molecule has 0 unspecified atom stereocenters. The van der Waals surface area contributed by atoms with E-state index in [1.54, 1.807) is 30.1 Å². The Labute approximate surface area is 202 Å². The van der Waals surface area contributed by atoms with E-state index in [-0.39, 0.29) is 30.9 Å². The molecule has 0 radical (unpaired) electrons. The van der Waals surface area contributed by atoms with Gasteiger partial charge in [-0.3, -0.25) is 23.9 Å². The highest BCUT2D eigenvalue weighted by Crippen LogP contribution is 2.36. The number of esters is 1. The first-order valence-corrected chi connectivity index (χ1v) is 11.6. The minimum atomic E-state index is -0.517.